The summed E-state index contributed by atoms with van der Waals surface area (Å²) >= 11 is 0. The van der Waals surface area contributed by atoms with Crippen molar-refractivity contribution < 1.29 is 27.8 Å². The average molecular weight is 462 g/mol. The zero-order valence-corrected chi connectivity index (χ0v) is 18.5. The number of aliphatic hydroxyl groups excluding tert-OH is 1. The molecule has 2 aromatic rings. The van der Waals surface area contributed by atoms with Crippen LogP contribution < -0.4 is 14.8 Å². The van der Waals surface area contributed by atoms with Crippen LogP contribution in [0.15, 0.2) is 65.8 Å². The van der Waals surface area contributed by atoms with Crippen LogP contribution in [0.5, 0.6) is 5.75 Å². The Kier molecular flexibility index (Phi) is 8.34. The Morgan fingerprint density at radius 3 is 2.53 bits per heavy atom. The molecule has 0 aliphatic carbocycles. The molecule has 1 aromatic carbocycles. The summed E-state index contributed by atoms with van der Waals surface area (Å²) in [5.74, 6) is 0.350. The number of aromatic nitrogens is 1. The van der Waals surface area contributed by atoms with Gasteiger partial charge in [-0.25, -0.2) is 13.1 Å². The first-order valence-electron chi connectivity index (χ1n) is 10.2. The van der Waals surface area contributed by atoms with E-state index in [1.165, 1.54) is 19.2 Å². The molecule has 10 heteroatoms. The van der Waals surface area contributed by atoms with Crippen LogP contribution in [0.4, 0.5) is 0 Å². The van der Waals surface area contributed by atoms with E-state index in [-0.39, 0.29) is 17.2 Å². The van der Waals surface area contributed by atoms with Gasteiger partial charge >= 0.3 is 0 Å². The van der Waals surface area contributed by atoms with E-state index in [0.29, 0.717) is 18.7 Å². The molecule has 1 aliphatic heterocycles. The molecular weight excluding hydrogens is 434 g/mol. The highest BCUT2D eigenvalue weighted by Crippen LogP contribution is 2.20. The van der Waals surface area contributed by atoms with Gasteiger partial charge in [0.15, 0.2) is 0 Å². The zero-order chi connectivity index (χ0) is 23.0. The summed E-state index contributed by atoms with van der Waals surface area (Å²) in [6.45, 7) is 0.0767. The highest BCUT2D eigenvalue weighted by atomic mass is 32.2. The molecule has 0 unspecified atom stereocenters. The van der Waals surface area contributed by atoms with Crippen LogP contribution in [0.3, 0.4) is 0 Å². The predicted molar refractivity (Wildman–Crippen MR) is 118 cm³/mol. The fourth-order valence-electron chi connectivity index (χ4n) is 3.26. The summed E-state index contributed by atoms with van der Waals surface area (Å²) in [6, 6.07) is 8.97. The number of benzene rings is 1. The monoisotopic (exact) mass is 461 g/mol. The van der Waals surface area contributed by atoms with Gasteiger partial charge in [-0.3, -0.25) is 9.78 Å². The van der Waals surface area contributed by atoms with Crippen LogP contribution in [0.1, 0.15) is 12.0 Å². The van der Waals surface area contributed by atoms with Crippen molar-refractivity contribution in [2.24, 2.45) is 0 Å². The van der Waals surface area contributed by atoms with Gasteiger partial charge in [0.1, 0.15) is 11.9 Å². The molecule has 9 nitrogen and oxygen atoms in total. The van der Waals surface area contributed by atoms with E-state index in [0.717, 1.165) is 5.56 Å². The maximum atomic E-state index is 12.7. The third-order valence-corrected chi connectivity index (χ3v) is 6.47. The molecule has 1 amide bonds. The Morgan fingerprint density at radius 2 is 1.88 bits per heavy atom. The molecule has 0 saturated carbocycles. The number of rotatable bonds is 10. The molecule has 3 rings (SSSR count). The Bertz CT molecular complexity index is 1010. The van der Waals surface area contributed by atoms with E-state index in [1.54, 1.807) is 36.7 Å². The number of methoxy groups -OCH3 is 1. The lowest BCUT2D eigenvalue weighted by Gasteiger charge is -2.31. The molecule has 0 fully saturated rings. The SMILES string of the molecule is COc1ccc(S(=O)(=O)N[C@H]2C=C[C@@H](CC(=O)NCCc3ccncc3)O[C@@H]2CO)cc1. The second-order valence-corrected chi connectivity index (χ2v) is 8.98. The molecule has 172 valence electrons. The first-order chi connectivity index (χ1) is 15.4. The number of carbonyl (C=O) groups is 1. The van der Waals surface area contributed by atoms with Crippen LogP contribution in [0.25, 0.3) is 0 Å². The van der Waals surface area contributed by atoms with E-state index in [4.69, 9.17) is 9.47 Å². The molecule has 0 spiro atoms. The second-order valence-electron chi connectivity index (χ2n) is 7.26. The summed E-state index contributed by atoms with van der Waals surface area (Å²) in [7, 11) is -2.34. The summed E-state index contributed by atoms with van der Waals surface area (Å²) in [5, 5.41) is 12.5. The van der Waals surface area contributed by atoms with Gasteiger partial charge in [-0.05, 0) is 48.4 Å². The largest absolute Gasteiger partial charge is 0.497 e. The van der Waals surface area contributed by atoms with Gasteiger partial charge in [-0.15, -0.1) is 0 Å². The Labute approximate surface area is 187 Å². The molecule has 1 aromatic heterocycles. The number of hydrogen-bond acceptors (Lipinski definition) is 7. The molecule has 0 radical (unpaired) electrons. The highest BCUT2D eigenvalue weighted by Gasteiger charge is 2.31. The van der Waals surface area contributed by atoms with Crippen LogP contribution in [-0.4, -0.2) is 62.9 Å². The summed E-state index contributed by atoms with van der Waals surface area (Å²) in [5.41, 5.74) is 1.07. The minimum atomic E-state index is -3.84. The lowest BCUT2D eigenvalue weighted by molar-refractivity contribution is -0.125. The number of hydrogen-bond donors (Lipinski definition) is 3. The first kappa shape index (κ1) is 23.9. The number of pyridine rings is 1. The van der Waals surface area contributed by atoms with E-state index < -0.39 is 34.9 Å². The minimum absolute atomic E-state index is 0.0686. The van der Waals surface area contributed by atoms with Crippen molar-refractivity contribution in [3.8, 4) is 5.75 Å². The van der Waals surface area contributed by atoms with E-state index in [1.807, 2.05) is 12.1 Å². The van der Waals surface area contributed by atoms with Crippen LogP contribution >= 0.6 is 0 Å². The molecule has 3 atom stereocenters. The topological polar surface area (TPSA) is 127 Å². The Hall–Kier alpha value is -2.79. The third kappa shape index (κ3) is 6.60. The number of amides is 1. The quantitative estimate of drug-likeness (QED) is 0.447. The maximum absolute atomic E-state index is 12.7. The third-order valence-electron chi connectivity index (χ3n) is 5.00. The van der Waals surface area contributed by atoms with E-state index in [2.05, 4.69) is 15.0 Å². The molecule has 2 heterocycles. The first-order valence-corrected chi connectivity index (χ1v) is 11.7. The molecule has 0 bridgehead atoms. The van der Waals surface area contributed by atoms with Gasteiger partial charge in [-0.1, -0.05) is 12.2 Å². The number of nitrogens with zero attached hydrogens (tertiary/aromatic N) is 1. The fraction of sp³-hybridized carbons (Fsp3) is 0.364. The number of carbonyl (C=O) groups excluding carboxylic acids is 1. The number of ether oxygens (including phenoxy) is 2. The van der Waals surface area contributed by atoms with Gasteiger partial charge in [-0.2, -0.15) is 0 Å². The average Bonchev–Trinajstić information content (AvgIpc) is 2.80. The molecule has 3 N–H and O–H groups in total. The van der Waals surface area contributed by atoms with Gasteiger partial charge in [0, 0.05) is 18.9 Å². The van der Waals surface area contributed by atoms with Crippen molar-refractivity contribution in [1.82, 2.24) is 15.0 Å². The molecule has 32 heavy (non-hydrogen) atoms. The van der Waals surface area contributed by atoms with Crippen LogP contribution in [0, 0.1) is 0 Å². The van der Waals surface area contributed by atoms with Crippen molar-refractivity contribution in [2.75, 3.05) is 20.3 Å². The number of nitrogens with one attached hydrogen (secondary N) is 2. The minimum Gasteiger partial charge on any atom is -0.497 e. The van der Waals surface area contributed by atoms with Gasteiger partial charge in [0.2, 0.25) is 15.9 Å². The number of aliphatic hydroxyl groups is 1. The lowest BCUT2D eigenvalue weighted by atomic mass is 10.1. The van der Waals surface area contributed by atoms with Gasteiger partial charge < -0.3 is 19.9 Å². The maximum Gasteiger partial charge on any atom is 0.241 e. The van der Waals surface area contributed by atoms with E-state index >= 15 is 0 Å². The standard InChI is InChI=1S/C22H27N3O6S/c1-30-17-2-5-19(6-3-17)32(28,29)25-20-7-4-18(31-21(20)15-26)14-22(27)24-13-10-16-8-11-23-12-9-16/h2-9,11-12,18,20-21,25-26H,10,13-15H2,1H3,(H,24,27)/t18-,20-,21+/m0/s1. The normalized spacial score (nSPS) is 20.6. The lowest BCUT2D eigenvalue weighted by Crippen LogP contribution is -2.49. The van der Waals surface area contributed by atoms with Gasteiger partial charge in [0.25, 0.3) is 0 Å². The molecule has 1 aliphatic rings. The zero-order valence-electron chi connectivity index (χ0n) is 17.7. The Balaban J connectivity index is 1.53. The van der Waals surface area contributed by atoms with Crippen molar-refractivity contribution in [2.45, 2.75) is 36.0 Å². The molecule has 0 saturated heterocycles. The number of sulfonamides is 1. The van der Waals surface area contributed by atoms with Crippen molar-refractivity contribution in [3.63, 3.8) is 0 Å². The Morgan fingerprint density at radius 1 is 1.16 bits per heavy atom. The predicted octanol–water partition coefficient (Wildman–Crippen LogP) is 0.802. The van der Waals surface area contributed by atoms with Crippen molar-refractivity contribution in [1.29, 1.82) is 0 Å². The summed E-state index contributed by atoms with van der Waals surface area (Å²) in [6.07, 6.45) is 6.03. The fourth-order valence-corrected chi connectivity index (χ4v) is 4.48. The van der Waals surface area contributed by atoms with Crippen LogP contribution in [-0.2, 0) is 26.0 Å². The van der Waals surface area contributed by atoms with Gasteiger partial charge in [0.05, 0.1) is 37.2 Å². The molecular formula is C22H27N3O6S. The summed E-state index contributed by atoms with van der Waals surface area (Å²) in [4.78, 5) is 16.2. The highest BCUT2D eigenvalue weighted by molar-refractivity contribution is 7.89. The van der Waals surface area contributed by atoms with E-state index in [9.17, 15) is 18.3 Å². The van der Waals surface area contributed by atoms with Crippen molar-refractivity contribution >= 4 is 15.9 Å². The second kappa shape index (κ2) is 11.2. The smallest absolute Gasteiger partial charge is 0.241 e. The van der Waals surface area contributed by atoms with Crippen molar-refractivity contribution in [3.05, 3.63) is 66.5 Å². The summed E-state index contributed by atoms with van der Waals surface area (Å²) < 4.78 is 38.7. The van der Waals surface area contributed by atoms with Crippen LogP contribution in [0.2, 0.25) is 0 Å².